The molecule has 27 heavy (non-hydrogen) atoms. The molecule has 3 heteroatoms. The van der Waals surface area contributed by atoms with E-state index in [1.54, 1.807) is 19.1 Å². The highest BCUT2D eigenvalue weighted by Crippen LogP contribution is 2.37. The molecule has 0 spiro atoms. The van der Waals surface area contributed by atoms with Crippen LogP contribution in [0.25, 0.3) is 33.3 Å². The maximum absolute atomic E-state index is 8.94. The number of hydrogen-bond acceptors (Lipinski definition) is 3. The molecule has 136 valence electrons. The number of aromatic nitrogens is 2. The predicted octanol–water partition coefficient (Wildman–Crippen LogP) is 6.71. The van der Waals surface area contributed by atoms with Gasteiger partial charge >= 0.3 is 0 Å². The van der Waals surface area contributed by atoms with Crippen molar-refractivity contribution in [3.05, 3.63) is 59.4 Å². The fourth-order valence-electron chi connectivity index (χ4n) is 3.48. The van der Waals surface area contributed by atoms with Crippen LogP contribution in [0.5, 0.6) is 0 Å². The van der Waals surface area contributed by atoms with Gasteiger partial charge in [0.15, 0.2) is 0 Å². The van der Waals surface area contributed by atoms with Crippen molar-refractivity contribution in [2.75, 3.05) is 0 Å². The number of benzene rings is 1. The van der Waals surface area contributed by atoms with Gasteiger partial charge in [-0.1, -0.05) is 31.4 Å². The summed E-state index contributed by atoms with van der Waals surface area (Å²) < 4.78 is 71.8. The SMILES string of the molecule is [2H]C([2H])([2H])c1cnc(-c2cccc3c2oc2nc(C4([2H])C([2H])([2H])CCCC4([2H])[2H])ccc23)cc1C. The van der Waals surface area contributed by atoms with Gasteiger partial charge in [-0.05, 0) is 61.9 Å². The molecule has 3 nitrogen and oxygen atoms in total. The highest BCUT2D eigenvalue weighted by atomic mass is 16.3. The van der Waals surface area contributed by atoms with Gasteiger partial charge in [0.25, 0.3) is 0 Å². The van der Waals surface area contributed by atoms with Crippen LogP contribution in [0.3, 0.4) is 0 Å². The number of pyridine rings is 2. The lowest BCUT2D eigenvalue weighted by Gasteiger charge is -2.20. The Balaban J connectivity index is 1.68. The molecule has 0 unspecified atom stereocenters. The summed E-state index contributed by atoms with van der Waals surface area (Å²) in [5.41, 5.74) is 2.61. The molecular weight excluding hydrogens is 332 g/mol. The Morgan fingerprint density at radius 1 is 1.11 bits per heavy atom. The molecule has 3 heterocycles. The van der Waals surface area contributed by atoms with E-state index in [1.807, 2.05) is 18.2 Å². The number of hydrogen-bond donors (Lipinski definition) is 0. The first-order valence-corrected chi connectivity index (χ1v) is 9.07. The van der Waals surface area contributed by atoms with Gasteiger partial charge < -0.3 is 4.42 Å². The summed E-state index contributed by atoms with van der Waals surface area (Å²) in [5.74, 6) is -2.18. The van der Waals surface area contributed by atoms with Crippen LogP contribution in [0.4, 0.5) is 0 Å². The lowest BCUT2D eigenvalue weighted by Crippen LogP contribution is -2.06. The first-order chi connectivity index (χ1) is 16.3. The molecule has 0 amide bonds. The van der Waals surface area contributed by atoms with Crippen molar-refractivity contribution in [2.24, 2.45) is 0 Å². The van der Waals surface area contributed by atoms with Gasteiger partial charge in [-0.3, -0.25) is 4.98 Å². The largest absolute Gasteiger partial charge is 0.437 e. The molecular formula is C24H24N2O. The van der Waals surface area contributed by atoms with Crippen molar-refractivity contribution in [1.82, 2.24) is 9.97 Å². The van der Waals surface area contributed by atoms with E-state index in [9.17, 15) is 0 Å². The van der Waals surface area contributed by atoms with Crippen LogP contribution in [-0.4, -0.2) is 9.97 Å². The molecule has 1 saturated carbocycles. The first kappa shape index (κ1) is 10.0. The molecule has 1 fully saturated rings. The Bertz CT molecular complexity index is 1440. The first-order valence-electron chi connectivity index (χ1n) is 13.1. The van der Waals surface area contributed by atoms with Crippen molar-refractivity contribution >= 4 is 22.1 Å². The fraction of sp³-hybridized carbons (Fsp3) is 0.333. The monoisotopic (exact) mass is 364 g/mol. The summed E-state index contributed by atoms with van der Waals surface area (Å²) >= 11 is 0. The molecule has 0 bridgehead atoms. The van der Waals surface area contributed by atoms with Crippen molar-refractivity contribution < 1.29 is 15.4 Å². The number of para-hydroxylation sites is 1. The van der Waals surface area contributed by atoms with Gasteiger partial charge in [-0.2, -0.15) is 0 Å². The Morgan fingerprint density at radius 3 is 2.81 bits per heavy atom. The third-order valence-corrected chi connectivity index (χ3v) is 4.96. The van der Waals surface area contributed by atoms with Crippen LogP contribution in [0.15, 0.2) is 47.0 Å². The molecule has 0 N–H and O–H groups in total. The third-order valence-electron chi connectivity index (χ3n) is 4.96. The predicted molar refractivity (Wildman–Crippen MR) is 110 cm³/mol. The lowest BCUT2D eigenvalue weighted by molar-refractivity contribution is 0.436. The van der Waals surface area contributed by atoms with Crippen molar-refractivity contribution in [2.45, 2.75) is 51.7 Å². The van der Waals surface area contributed by atoms with E-state index in [0.717, 1.165) is 5.39 Å². The van der Waals surface area contributed by atoms with Crippen LogP contribution >= 0.6 is 0 Å². The Morgan fingerprint density at radius 2 is 2.00 bits per heavy atom. The topological polar surface area (TPSA) is 38.9 Å². The summed E-state index contributed by atoms with van der Waals surface area (Å²) in [4.78, 5) is 8.84. The minimum absolute atomic E-state index is 0.00342. The fourth-order valence-corrected chi connectivity index (χ4v) is 3.48. The molecule has 5 rings (SSSR count). The third kappa shape index (κ3) is 2.82. The summed E-state index contributed by atoms with van der Waals surface area (Å²) in [7, 11) is 0. The summed E-state index contributed by atoms with van der Waals surface area (Å²) in [5, 5.41) is 1.39. The van der Waals surface area contributed by atoms with Crippen molar-refractivity contribution in [3.8, 4) is 11.3 Å². The van der Waals surface area contributed by atoms with Crippen LogP contribution in [0, 0.1) is 13.8 Å². The van der Waals surface area contributed by atoms with Gasteiger partial charge in [-0.25, -0.2) is 4.98 Å². The van der Waals surface area contributed by atoms with Crippen LogP contribution in [0.1, 0.15) is 65.7 Å². The van der Waals surface area contributed by atoms with Gasteiger partial charge in [-0.15, -0.1) is 0 Å². The minimum Gasteiger partial charge on any atom is -0.437 e. The van der Waals surface area contributed by atoms with E-state index in [4.69, 9.17) is 15.4 Å². The summed E-state index contributed by atoms with van der Waals surface area (Å²) in [6, 6.07) is 10.4. The smallest absolute Gasteiger partial charge is 0.227 e. The average molecular weight is 365 g/mol. The number of aryl methyl sites for hydroxylation is 2. The highest BCUT2D eigenvalue weighted by molar-refractivity contribution is 6.08. The molecule has 1 aromatic carbocycles. The molecule has 0 aliphatic heterocycles. The summed E-state index contributed by atoms with van der Waals surface area (Å²) in [6.45, 7) is -0.540. The van der Waals surface area contributed by atoms with Crippen LogP contribution < -0.4 is 0 Å². The van der Waals surface area contributed by atoms with Gasteiger partial charge in [0.2, 0.25) is 5.71 Å². The van der Waals surface area contributed by atoms with Crippen molar-refractivity contribution in [1.29, 1.82) is 0 Å². The van der Waals surface area contributed by atoms with E-state index in [1.165, 1.54) is 12.3 Å². The molecule has 0 radical (unpaired) electrons. The number of furan rings is 1. The lowest BCUT2D eigenvalue weighted by atomic mass is 9.86. The number of fused-ring (bicyclic) bond motifs is 3. The Labute approximate surface area is 170 Å². The Hall–Kier alpha value is -2.68. The van der Waals surface area contributed by atoms with E-state index in [2.05, 4.69) is 9.97 Å². The van der Waals surface area contributed by atoms with Crippen LogP contribution in [-0.2, 0) is 0 Å². The maximum Gasteiger partial charge on any atom is 0.227 e. The normalized spacial score (nSPS) is 25.4. The number of rotatable bonds is 2. The zero-order chi connectivity index (χ0) is 25.4. The van der Waals surface area contributed by atoms with Gasteiger partial charge in [0.05, 0.1) is 5.69 Å². The van der Waals surface area contributed by atoms with Crippen molar-refractivity contribution in [3.63, 3.8) is 0 Å². The van der Waals surface area contributed by atoms with E-state index in [0.29, 0.717) is 34.2 Å². The molecule has 3 aromatic heterocycles. The summed E-state index contributed by atoms with van der Waals surface area (Å²) in [6.07, 6.45) is -2.32. The Kier molecular flexibility index (Phi) is 2.41. The van der Waals surface area contributed by atoms with Gasteiger partial charge in [0, 0.05) is 45.1 Å². The maximum atomic E-state index is 8.94. The second-order valence-electron chi connectivity index (χ2n) is 6.80. The molecule has 1 aliphatic carbocycles. The second-order valence-corrected chi connectivity index (χ2v) is 6.80. The van der Waals surface area contributed by atoms with E-state index >= 15 is 0 Å². The van der Waals surface area contributed by atoms with Crippen LogP contribution in [0.2, 0.25) is 0 Å². The standard InChI is InChI=1S/C24H24N2O/c1-15-13-22(25-14-16(15)2)20-10-6-9-18-19-11-12-21(17-7-4-3-5-8-17)26-24(19)27-23(18)20/h6,9-14,17H,3-5,7-8H2,1-2H3/i2D3,7D2,8D2,17D. The number of nitrogens with zero attached hydrogens (tertiary/aromatic N) is 2. The molecule has 0 atom stereocenters. The zero-order valence-corrected chi connectivity index (χ0v) is 15.0. The zero-order valence-electron chi connectivity index (χ0n) is 23.0. The quantitative estimate of drug-likeness (QED) is 0.397. The molecule has 1 aliphatic rings. The highest BCUT2D eigenvalue weighted by Gasteiger charge is 2.19. The second kappa shape index (κ2) is 6.49. The molecule has 4 aromatic rings. The van der Waals surface area contributed by atoms with E-state index in [-0.39, 0.29) is 29.8 Å². The minimum atomic E-state index is -2.26. The molecule has 0 saturated heterocycles. The average Bonchev–Trinajstić information content (AvgIpc) is 3.14. The van der Waals surface area contributed by atoms with Gasteiger partial charge in [0.1, 0.15) is 5.58 Å². The van der Waals surface area contributed by atoms with E-state index < -0.39 is 25.5 Å².